The molecule has 0 amide bonds. The van der Waals surface area contributed by atoms with Crippen molar-refractivity contribution in [2.24, 2.45) is 4.99 Å². The van der Waals surface area contributed by atoms with Gasteiger partial charge in [-0.05, 0) is 43.9 Å². The topological polar surface area (TPSA) is 45.5 Å². The molecule has 0 atom stereocenters. The maximum atomic E-state index is 13.0. The lowest BCUT2D eigenvalue weighted by Crippen LogP contribution is -2.09. The fraction of sp³-hybridized carbons (Fsp3) is 0.375. The van der Waals surface area contributed by atoms with Crippen molar-refractivity contribution in [1.29, 1.82) is 0 Å². The molecule has 0 unspecified atom stereocenters. The van der Waals surface area contributed by atoms with Gasteiger partial charge in [-0.25, -0.2) is 0 Å². The predicted octanol–water partition coefficient (Wildman–Crippen LogP) is 5.26. The summed E-state index contributed by atoms with van der Waals surface area (Å²) >= 11 is 1.28. The Labute approximate surface area is 137 Å². The van der Waals surface area contributed by atoms with Gasteiger partial charge in [-0.1, -0.05) is 0 Å². The Bertz CT molecular complexity index is 651. The van der Waals surface area contributed by atoms with Crippen molar-refractivity contribution in [3.8, 4) is 0 Å². The molecule has 0 saturated heterocycles. The van der Waals surface area contributed by atoms with Crippen molar-refractivity contribution in [3.05, 3.63) is 53.2 Å². The van der Waals surface area contributed by atoms with Crippen LogP contribution >= 0.6 is 11.8 Å². The molecule has 0 fully saturated rings. The number of aliphatic hydroxyl groups excluding tert-OH is 1. The Kier molecular flexibility index (Phi) is 5.87. The van der Waals surface area contributed by atoms with Gasteiger partial charge in [0.25, 0.3) is 0 Å². The number of thioether (sulfide) groups is 1. The smallest absolute Gasteiger partial charge is 0.416 e. The first-order chi connectivity index (χ1) is 10.9. The van der Waals surface area contributed by atoms with Gasteiger partial charge in [0.1, 0.15) is 5.76 Å². The highest BCUT2D eigenvalue weighted by Gasteiger charge is 2.33. The Morgan fingerprint density at radius 2 is 2.13 bits per heavy atom. The van der Waals surface area contributed by atoms with E-state index in [-0.39, 0.29) is 17.1 Å². The first-order valence-electron chi connectivity index (χ1n) is 7.14. The zero-order chi connectivity index (χ0) is 16.9. The maximum absolute atomic E-state index is 13.0. The summed E-state index contributed by atoms with van der Waals surface area (Å²) in [6.07, 6.45) is 3.45. The zero-order valence-electron chi connectivity index (χ0n) is 12.6. The van der Waals surface area contributed by atoms with E-state index in [1.54, 1.807) is 19.1 Å². The molecule has 1 aromatic rings. The number of aliphatic imine (C=N–C) groups is 1. The van der Waals surface area contributed by atoms with E-state index in [4.69, 9.17) is 0 Å². The number of hydrogen-bond acceptors (Lipinski definition) is 4. The second-order valence-corrected chi connectivity index (χ2v) is 6.18. The molecule has 1 aromatic heterocycles. The molecule has 0 bridgehead atoms. The van der Waals surface area contributed by atoms with E-state index < -0.39 is 11.7 Å². The Balaban J connectivity index is 2.14. The lowest BCUT2D eigenvalue weighted by molar-refractivity contribution is -0.138. The van der Waals surface area contributed by atoms with E-state index in [2.05, 4.69) is 9.98 Å². The van der Waals surface area contributed by atoms with Gasteiger partial charge in [0.05, 0.1) is 10.6 Å². The average Bonchev–Trinajstić information content (AvgIpc) is 2.55. The van der Waals surface area contributed by atoms with E-state index in [1.807, 2.05) is 0 Å². The third-order valence-corrected chi connectivity index (χ3v) is 4.29. The molecule has 2 heterocycles. The molecule has 1 aliphatic heterocycles. The molecular weight excluding hydrogens is 325 g/mol. The van der Waals surface area contributed by atoms with Crippen LogP contribution in [0.25, 0.3) is 0 Å². The van der Waals surface area contributed by atoms with Crippen molar-refractivity contribution < 1.29 is 18.3 Å². The predicted molar refractivity (Wildman–Crippen MR) is 86.3 cm³/mol. The van der Waals surface area contributed by atoms with E-state index in [0.717, 1.165) is 23.7 Å². The van der Waals surface area contributed by atoms with Gasteiger partial charge in [-0.15, -0.1) is 11.8 Å². The number of allylic oxidation sites excluding steroid dienone is 3. The number of nitrogens with zero attached hydrogens (tertiary/aromatic N) is 2. The maximum Gasteiger partial charge on any atom is 0.416 e. The van der Waals surface area contributed by atoms with Gasteiger partial charge in [0.15, 0.2) is 0 Å². The van der Waals surface area contributed by atoms with Crippen LogP contribution < -0.4 is 0 Å². The molecule has 0 saturated carbocycles. The molecule has 1 N–H and O–H groups in total. The number of hydrogen-bond donors (Lipinski definition) is 1. The van der Waals surface area contributed by atoms with Crippen LogP contribution in [-0.2, 0) is 11.9 Å². The van der Waals surface area contributed by atoms with E-state index >= 15 is 0 Å². The Morgan fingerprint density at radius 3 is 2.87 bits per heavy atom. The molecule has 0 aliphatic carbocycles. The highest BCUT2D eigenvalue weighted by Crippen LogP contribution is 2.33. The van der Waals surface area contributed by atoms with Crippen LogP contribution in [-0.4, -0.2) is 15.1 Å². The molecule has 124 valence electrons. The highest BCUT2D eigenvalue weighted by molar-refractivity contribution is 8.13. The summed E-state index contributed by atoms with van der Waals surface area (Å²) in [4.78, 5) is 8.18. The minimum Gasteiger partial charge on any atom is -0.508 e. The molecule has 0 radical (unpaired) electrons. The Hall–Kier alpha value is -1.76. The summed E-state index contributed by atoms with van der Waals surface area (Å²) in [6, 6.07) is 0.994. The number of alkyl halides is 3. The SMILES string of the molecule is CC1=C/C(O)=C\CCCC(SCc2cnccc2C(F)(F)F)=N1. The fourth-order valence-corrected chi connectivity index (χ4v) is 3.19. The first kappa shape index (κ1) is 17.6. The van der Waals surface area contributed by atoms with Gasteiger partial charge in [-0.2, -0.15) is 13.2 Å². The van der Waals surface area contributed by atoms with Gasteiger partial charge in [0, 0.05) is 29.9 Å². The largest absolute Gasteiger partial charge is 0.508 e. The average molecular weight is 342 g/mol. The fourth-order valence-electron chi connectivity index (χ4n) is 2.15. The molecule has 3 nitrogen and oxygen atoms in total. The molecule has 23 heavy (non-hydrogen) atoms. The standard InChI is InChI=1S/C16H17F3N2OS/c1-11-8-13(22)4-2-3-5-15(21-11)23-10-12-9-20-7-6-14(12)16(17,18)19/h4,6-9,22H,2-3,5,10H2,1H3/b11-8?,13-4+,21-15?. The molecular formula is C16H17F3N2OS. The van der Waals surface area contributed by atoms with Crippen LogP contribution in [0.15, 0.2) is 47.1 Å². The minimum atomic E-state index is -4.38. The number of pyridine rings is 1. The zero-order valence-corrected chi connectivity index (χ0v) is 13.4. The van der Waals surface area contributed by atoms with Crippen molar-refractivity contribution in [3.63, 3.8) is 0 Å². The summed E-state index contributed by atoms with van der Waals surface area (Å²) < 4.78 is 38.9. The lowest BCUT2D eigenvalue weighted by atomic mass is 10.1. The van der Waals surface area contributed by atoms with Crippen molar-refractivity contribution in [1.82, 2.24) is 4.98 Å². The molecule has 1 aliphatic rings. The normalized spacial score (nSPS) is 18.9. The van der Waals surface area contributed by atoms with Gasteiger partial charge in [-0.3, -0.25) is 9.98 Å². The molecule has 0 aromatic carbocycles. The summed E-state index contributed by atoms with van der Waals surface area (Å²) in [7, 11) is 0. The van der Waals surface area contributed by atoms with Crippen LogP contribution in [0.2, 0.25) is 0 Å². The van der Waals surface area contributed by atoms with Crippen molar-refractivity contribution in [2.75, 3.05) is 0 Å². The van der Waals surface area contributed by atoms with E-state index in [1.165, 1.54) is 18.0 Å². The minimum absolute atomic E-state index is 0.148. The third kappa shape index (κ3) is 5.42. The van der Waals surface area contributed by atoms with Crippen LogP contribution in [0.3, 0.4) is 0 Å². The monoisotopic (exact) mass is 342 g/mol. The van der Waals surface area contributed by atoms with E-state index in [9.17, 15) is 18.3 Å². The van der Waals surface area contributed by atoms with Crippen molar-refractivity contribution in [2.45, 2.75) is 38.1 Å². The molecule has 2 rings (SSSR count). The highest BCUT2D eigenvalue weighted by atomic mass is 32.2. The summed E-state index contributed by atoms with van der Waals surface area (Å²) in [5, 5.41) is 10.4. The lowest BCUT2D eigenvalue weighted by Gasteiger charge is -2.12. The quantitative estimate of drug-likeness (QED) is 0.797. The summed E-state index contributed by atoms with van der Waals surface area (Å²) in [5.41, 5.74) is 0.121. The second-order valence-electron chi connectivity index (χ2n) is 5.13. The second kappa shape index (κ2) is 7.68. The van der Waals surface area contributed by atoms with Crippen LogP contribution in [0, 0.1) is 0 Å². The van der Waals surface area contributed by atoms with Crippen LogP contribution in [0.5, 0.6) is 0 Å². The molecule has 7 heteroatoms. The van der Waals surface area contributed by atoms with Crippen molar-refractivity contribution >= 4 is 16.8 Å². The molecule has 0 spiro atoms. The van der Waals surface area contributed by atoms with Gasteiger partial charge >= 0.3 is 6.18 Å². The first-order valence-corrected chi connectivity index (χ1v) is 8.12. The summed E-state index contributed by atoms with van der Waals surface area (Å²) in [6.45, 7) is 1.75. The van der Waals surface area contributed by atoms with Gasteiger partial charge < -0.3 is 5.11 Å². The number of halogens is 3. The van der Waals surface area contributed by atoms with Gasteiger partial charge in [0.2, 0.25) is 0 Å². The number of aliphatic hydroxyl groups is 1. The number of rotatable bonds is 2. The summed E-state index contributed by atoms with van der Waals surface area (Å²) in [5.74, 6) is 0.331. The van der Waals surface area contributed by atoms with Crippen LogP contribution in [0.1, 0.15) is 37.3 Å². The van der Waals surface area contributed by atoms with Crippen LogP contribution in [0.4, 0.5) is 13.2 Å². The Morgan fingerprint density at radius 1 is 1.35 bits per heavy atom. The number of aromatic nitrogens is 1. The van der Waals surface area contributed by atoms with E-state index in [0.29, 0.717) is 18.5 Å². The third-order valence-electron chi connectivity index (χ3n) is 3.21.